The fourth-order valence-electron chi connectivity index (χ4n) is 6.48. The Balaban J connectivity index is 2.05. The monoisotopic (exact) mass is 364 g/mol. The van der Waals surface area contributed by atoms with Gasteiger partial charge in [0.1, 0.15) is 11.5 Å². The predicted molar refractivity (Wildman–Crippen MR) is 111 cm³/mol. The maximum Gasteiger partial charge on any atom is 0.115 e. The van der Waals surface area contributed by atoms with Gasteiger partial charge < -0.3 is 10.2 Å². The normalized spacial score (nSPS) is 20.6. The standard InChI is InChI=1S/C25H32O2/c1-5-23(6-2)15-25(21-13-17(26)9-11-19(21)23)16-24(7-3,8-4)20-12-10-18(27)14-22(20)25/h9-14,26-27H,5-8,15-16H2,1-4H3. The van der Waals surface area contributed by atoms with Crippen molar-refractivity contribution in [2.24, 2.45) is 0 Å². The van der Waals surface area contributed by atoms with Crippen LogP contribution in [0, 0.1) is 0 Å². The van der Waals surface area contributed by atoms with Gasteiger partial charge in [0.25, 0.3) is 0 Å². The van der Waals surface area contributed by atoms with Crippen LogP contribution in [0.4, 0.5) is 0 Å². The summed E-state index contributed by atoms with van der Waals surface area (Å²) in [6, 6.07) is 12.0. The van der Waals surface area contributed by atoms with Gasteiger partial charge in [0.2, 0.25) is 0 Å². The van der Waals surface area contributed by atoms with E-state index in [9.17, 15) is 10.2 Å². The number of phenolic OH excluding ortho intramolecular Hbond substituents is 2. The van der Waals surface area contributed by atoms with E-state index >= 15 is 0 Å². The van der Waals surface area contributed by atoms with Gasteiger partial charge in [-0.05, 0) is 95.9 Å². The smallest absolute Gasteiger partial charge is 0.115 e. The number of hydrogen-bond acceptors (Lipinski definition) is 2. The Morgan fingerprint density at radius 3 is 1.33 bits per heavy atom. The van der Waals surface area contributed by atoms with Crippen LogP contribution in [0.25, 0.3) is 0 Å². The van der Waals surface area contributed by atoms with Crippen molar-refractivity contribution < 1.29 is 10.2 Å². The first-order chi connectivity index (χ1) is 12.9. The van der Waals surface area contributed by atoms with E-state index in [4.69, 9.17) is 0 Å². The first kappa shape index (κ1) is 18.4. The quantitative estimate of drug-likeness (QED) is 0.667. The molecular formula is C25H32O2. The van der Waals surface area contributed by atoms with Gasteiger partial charge in [-0.25, -0.2) is 0 Å². The molecule has 0 bridgehead atoms. The molecule has 144 valence electrons. The molecule has 2 nitrogen and oxygen atoms in total. The van der Waals surface area contributed by atoms with Crippen molar-refractivity contribution in [1.82, 2.24) is 0 Å². The molecule has 2 aliphatic rings. The van der Waals surface area contributed by atoms with Crippen LogP contribution in [0.1, 0.15) is 88.5 Å². The van der Waals surface area contributed by atoms with Crippen LogP contribution in [0.3, 0.4) is 0 Å². The molecule has 0 unspecified atom stereocenters. The first-order valence-electron chi connectivity index (χ1n) is 10.6. The molecule has 0 atom stereocenters. The largest absolute Gasteiger partial charge is 0.508 e. The fraction of sp³-hybridized carbons (Fsp3) is 0.520. The van der Waals surface area contributed by atoms with Crippen LogP contribution in [0.2, 0.25) is 0 Å². The third-order valence-corrected chi connectivity index (χ3v) is 8.17. The topological polar surface area (TPSA) is 40.5 Å². The molecule has 2 aromatic carbocycles. The number of phenols is 2. The van der Waals surface area contributed by atoms with E-state index in [1.165, 1.54) is 22.3 Å². The molecule has 0 radical (unpaired) electrons. The minimum atomic E-state index is -0.111. The Labute approximate surface area is 163 Å². The second-order valence-corrected chi connectivity index (χ2v) is 8.87. The summed E-state index contributed by atoms with van der Waals surface area (Å²) in [5.74, 6) is 0.701. The molecule has 1 spiro atoms. The molecule has 0 aliphatic heterocycles. The summed E-state index contributed by atoms with van der Waals surface area (Å²) in [7, 11) is 0. The second kappa shape index (κ2) is 6.02. The third kappa shape index (κ3) is 2.25. The highest BCUT2D eigenvalue weighted by molar-refractivity contribution is 5.62. The van der Waals surface area contributed by atoms with Crippen LogP contribution in [0.15, 0.2) is 36.4 Å². The van der Waals surface area contributed by atoms with Crippen molar-refractivity contribution in [2.75, 3.05) is 0 Å². The van der Waals surface area contributed by atoms with Gasteiger partial charge in [-0.15, -0.1) is 0 Å². The molecule has 27 heavy (non-hydrogen) atoms. The number of benzene rings is 2. The van der Waals surface area contributed by atoms with Crippen molar-refractivity contribution in [1.29, 1.82) is 0 Å². The van der Waals surface area contributed by atoms with Crippen molar-refractivity contribution in [3.8, 4) is 11.5 Å². The van der Waals surface area contributed by atoms with E-state index in [0.29, 0.717) is 11.5 Å². The molecule has 4 rings (SSSR count). The lowest BCUT2D eigenvalue weighted by atomic mass is 9.68. The highest BCUT2D eigenvalue weighted by atomic mass is 16.3. The van der Waals surface area contributed by atoms with Crippen LogP contribution in [-0.4, -0.2) is 10.2 Å². The van der Waals surface area contributed by atoms with Crippen LogP contribution < -0.4 is 0 Å². The molecule has 0 amide bonds. The third-order valence-electron chi connectivity index (χ3n) is 8.17. The molecule has 0 aromatic heterocycles. The summed E-state index contributed by atoms with van der Waals surface area (Å²) < 4.78 is 0. The fourth-order valence-corrected chi connectivity index (χ4v) is 6.48. The lowest BCUT2D eigenvalue weighted by Crippen LogP contribution is -2.30. The average Bonchev–Trinajstić information content (AvgIpc) is 3.12. The molecule has 0 fully saturated rings. The molecule has 2 heteroatoms. The van der Waals surface area contributed by atoms with Gasteiger partial charge in [-0.3, -0.25) is 0 Å². The maximum atomic E-state index is 10.4. The summed E-state index contributed by atoms with van der Waals surface area (Å²) >= 11 is 0. The Kier molecular flexibility index (Phi) is 4.10. The zero-order valence-electron chi connectivity index (χ0n) is 17.1. The van der Waals surface area contributed by atoms with Gasteiger partial charge in [0.05, 0.1) is 0 Å². The van der Waals surface area contributed by atoms with Crippen LogP contribution >= 0.6 is 0 Å². The van der Waals surface area contributed by atoms with E-state index in [-0.39, 0.29) is 16.2 Å². The van der Waals surface area contributed by atoms with Crippen LogP contribution in [0.5, 0.6) is 11.5 Å². The molecule has 0 saturated heterocycles. The average molecular weight is 365 g/mol. The zero-order valence-corrected chi connectivity index (χ0v) is 17.1. The Hall–Kier alpha value is -1.96. The minimum absolute atomic E-state index is 0.111. The Morgan fingerprint density at radius 2 is 1.00 bits per heavy atom. The van der Waals surface area contributed by atoms with Crippen molar-refractivity contribution in [3.63, 3.8) is 0 Å². The van der Waals surface area contributed by atoms with E-state index in [0.717, 1.165) is 38.5 Å². The molecular weight excluding hydrogens is 332 g/mol. The summed E-state index contributed by atoms with van der Waals surface area (Å²) in [4.78, 5) is 0. The number of hydrogen-bond donors (Lipinski definition) is 2. The summed E-state index contributed by atoms with van der Waals surface area (Å²) in [5.41, 5.74) is 5.57. The lowest BCUT2D eigenvalue weighted by molar-refractivity contribution is 0.279. The van der Waals surface area contributed by atoms with Crippen molar-refractivity contribution in [3.05, 3.63) is 58.7 Å². The van der Waals surface area contributed by atoms with Crippen molar-refractivity contribution in [2.45, 2.75) is 82.5 Å². The van der Waals surface area contributed by atoms with E-state index in [1.54, 1.807) is 0 Å². The molecule has 0 heterocycles. The number of aromatic hydroxyl groups is 2. The molecule has 0 saturated carbocycles. The minimum Gasteiger partial charge on any atom is -0.508 e. The number of fused-ring (bicyclic) bond motifs is 4. The maximum absolute atomic E-state index is 10.4. The van der Waals surface area contributed by atoms with Gasteiger partial charge >= 0.3 is 0 Å². The van der Waals surface area contributed by atoms with E-state index < -0.39 is 0 Å². The highest BCUT2D eigenvalue weighted by Gasteiger charge is 2.59. The SMILES string of the molecule is CCC1(CC)CC2(CC(CC)(CC)c3ccc(O)cc32)c2cc(O)ccc21. The van der Waals surface area contributed by atoms with E-state index in [1.807, 2.05) is 24.3 Å². The first-order valence-corrected chi connectivity index (χ1v) is 10.6. The summed E-state index contributed by atoms with van der Waals surface area (Å²) in [6.07, 6.45) is 6.55. The summed E-state index contributed by atoms with van der Waals surface area (Å²) in [5, 5.41) is 20.7. The number of rotatable bonds is 4. The second-order valence-electron chi connectivity index (χ2n) is 8.87. The highest BCUT2D eigenvalue weighted by Crippen LogP contribution is 2.66. The Bertz CT molecular complexity index is 798. The van der Waals surface area contributed by atoms with Gasteiger partial charge in [0.15, 0.2) is 0 Å². The zero-order chi connectivity index (χ0) is 19.4. The van der Waals surface area contributed by atoms with Gasteiger partial charge in [-0.2, -0.15) is 0 Å². The molecule has 2 aromatic rings. The van der Waals surface area contributed by atoms with Gasteiger partial charge in [-0.1, -0.05) is 39.8 Å². The van der Waals surface area contributed by atoms with Crippen LogP contribution in [-0.2, 0) is 16.2 Å². The Morgan fingerprint density at radius 1 is 0.630 bits per heavy atom. The summed E-state index contributed by atoms with van der Waals surface area (Å²) in [6.45, 7) is 9.18. The predicted octanol–water partition coefficient (Wildman–Crippen LogP) is 6.31. The van der Waals surface area contributed by atoms with Crippen molar-refractivity contribution >= 4 is 0 Å². The van der Waals surface area contributed by atoms with Gasteiger partial charge in [0, 0.05) is 5.41 Å². The molecule has 2 N–H and O–H groups in total. The molecule has 2 aliphatic carbocycles. The van der Waals surface area contributed by atoms with E-state index in [2.05, 4.69) is 39.8 Å². The lowest BCUT2D eigenvalue weighted by Gasteiger charge is -2.34.